The number of hydrogen-bond donors (Lipinski definition) is 1. The summed E-state index contributed by atoms with van der Waals surface area (Å²) in [6, 6.07) is 9.27. The lowest BCUT2D eigenvalue weighted by molar-refractivity contribution is 0.354. The second kappa shape index (κ2) is 6.01. The third-order valence-corrected chi connectivity index (χ3v) is 4.14. The summed E-state index contributed by atoms with van der Waals surface area (Å²) in [5.41, 5.74) is 0.270. The molecular weight excluding hydrogens is 297 g/mol. The third-order valence-electron chi connectivity index (χ3n) is 2.76. The smallest absolute Gasteiger partial charge is 0.262 e. The highest BCUT2D eigenvalue weighted by Crippen LogP contribution is 2.30. The molecule has 0 spiro atoms. The number of nitrogens with one attached hydrogen (secondary N) is 1. The summed E-state index contributed by atoms with van der Waals surface area (Å²) in [7, 11) is -0.912. The van der Waals surface area contributed by atoms with Gasteiger partial charge in [0.15, 0.2) is 11.5 Å². The highest BCUT2D eigenvalue weighted by atomic mass is 32.2. The van der Waals surface area contributed by atoms with Gasteiger partial charge in [-0.1, -0.05) is 0 Å². The predicted octanol–water partition coefficient (Wildman–Crippen LogP) is 2.64. The summed E-state index contributed by atoms with van der Waals surface area (Å²) < 4.78 is 49.8. The molecule has 1 N–H and O–H groups in total. The van der Waals surface area contributed by atoms with E-state index in [-0.39, 0.29) is 10.6 Å². The summed E-state index contributed by atoms with van der Waals surface area (Å²) in [5, 5.41) is 0. The molecule has 7 heteroatoms. The molecule has 21 heavy (non-hydrogen) atoms. The fourth-order valence-corrected chi connectivity index (χ4v) is 2.79. The van der Waals surface area contributed by atoms with Crippen LogP contribution in [0.25, 0.3) is 0 Å². The highest BCUT2D eigenvalue weighted by molar-refractivity contribution is 7.92. The summed E-state index contributed by atoms with van der Waals surface area (Å²) in [4.78, 5) is 0.0180. The molecule has 0 amide bonds. The Kier molecular flexibility index (Phi) is 4.32. The Hall–Kier alpha value is -2.28. The Bertz CT molecular complexity index is 729. The van der Waals surface area contributed by atoms with E-state index < -0.39 is 15.8 Å². The minimum atomic E-state index is -3.79. The van der Waals surface area contributed by atoms with Crippen LogP contribution in [0.4, 0.5) is 10.1 Å². The van der Waals surface area contributed by atoms with Gasteiger partial charge in [-0.05, 0) is 36.4 Å². The maximum absolute atomic E-state index is 12.8. The monoisotopic (exact) mass is 311 g/mol. The fourth-order valence-electron chi connectivity index (χ4n) is 1.72. The maximum atomic E-state index is 12.8. The Morgan fingerprint density at radius 1 is 0.952 bits per heavy atom. The van der Waals surface area contributed by atoms with Gasteiger partial charge < -0.3 is 9.47 Å². The van der Waals surface area contributed by atoms with E-state index in [1.54, 1.807) is 0 Å². The van der Waals surface area contributed by atoms with Crippen molar-refractivity contribution in [3.8, 4) is 11.5 Å². The van der Waals surface area contributed by atoms with Gasteiger partial charge in [-0.15, -0.1) is 0 Å². The SMILES string of the molecule is COc1ccc(S(=O)(=O)Nc2ccc(F)cc2)cc1OC. The molecule has 0 aromatic heterocycles. The molecule has 2 aromatic rings. The van der Waals surface area contributed by atoms with Crippen LogP contribution in [0.15, 0.2) is 47.4 Å². The summed E-state index contributed by atoms with van der Waals surface area (Å²) >= 11 is 0. The molecule has 0 bridgehead atoms. The van der Waals surface area contributed by atoms with Crippen molar-refractivity contribution in [1.82, 2.24) is 0 Å². The molecule has 0 aliphatic carbocycles. The Labute approximate surface area is 122 Å². The van der Waals surface area contributed by atoms with Crippen molar-refractivity contribution in [2.75, 3.05) is 18.9 Å². The topological polar surface area (TPSA) is 64.6 Å². The van der Waals surface area contributed by atoms with E-state index in [9.17, 15) is 12.8 Å². The average Bonchev–Trinajstić information content (AvgIpc) is 2.48. The van der Waals surface area contributed by atoms with E-state index in [4.69, 9.17) is 9.47 Å². The van der Waals surface area contributed by atoms with Crippen LogP contribution in [-0.4, -0.2) is 22.6 Å². The Morgan fingerprint density at radius 2 is 1.57 bits per heavy atom. The van der Waals surface area contributed by atoms with Gasteiger partial charge in [0, 0.05) is 11.8 Å². The molecule has 5 nitrogen and oxygen atoms in total. The molecule has 0 heterocycles. The molecule has 2 aromatic carbocycles. The quantitative estimate of drug-likeness (QED) is 0.922. The van der Waals surface area contributed by atoms with E-state index in [1.807, 2.05) is 0 Å². The first-order valence-corrected chi connectivity index (χ1v) is 7.45. The Balaban J connectivity index is 2.33. The van der Waals surface area contributed by atoms with Crippen molar-refractivity contribution >= 4 is 15.7 Å². The van der Waals surface area contributed by atoms with Crippen LogP contribution in [0.2, 0.25) is 0 Å². The molecular formula is C14H14FNO4S. The molecule has 112 valence electrons. The van der Waals surface area contributed by atoms with Crippen molar-refractivity contribution in [3.05, 3.63) is 48.3 Å². The molecule has 0 unspecified atom stereocenters. The van der Waals surface area contributed by atoms with Gasteiger partial charge in [0.05, 0.1) is 19.1 Å². The van der Waals surface area contributed by atoms with E-state index in [0.29, 0.717) is 11.5 Å². The summed E-state index contributed by atoms with van der Waals surface area (Å²) in [5.74, 6) is 0.293. The number of hydrogen-bond acceptors (Lipinski definition) is 4. The van der Waals surface area contributed by atoms with E-state index >= 15 is 0 Å². The third kappa shape index (κ3) is 3.43. The first kappa shape index (κ1) is 15.1. The largest absolute Gasteiger partial charge is 0.493 e. The van der Waals surface area contributed by atoms with Gasteiger partial charge in [-0.25, -0.2) is 12.8 Å². The zero-order valence-corrected chi connectivity index (χ0v) is 12.3. The molecule has 2 rings (SSSR count). The molecule has 0 radical (unpaired) electrons. The first-order valence-electron chi connectivity index (χ1n) is 5.96. The summed E-state index contributed by atoms with van der Waals surface area (Å²) in [6.07, 6.45) is 0. The second-order valence-electron chi connectivity index (χ2n) is 4.13. The van der Waals surface area contributed by atoms with Crippen molar-refractivity contribution < 1.29 is 22.3 Å². The molecule has 0 saturated heterocycles. The predicted molar refractivity (Wildman–Crippen MR) is 76.8 cm³/mol. The minimum absolute atomic E-state index is 0.0180. The number of anilines is 1. The van der Waals surface area contributed by atoms with Gasteiger partial charge in [0.1, 0.15) is 5.82 Å². The van der Waals surface area contributed by atoms with Crippen molar-refractivity contribution in [3.63, 3.8) is 0 Å². The second-order valence-corrected chi connectivity index (χ2v) is 5.81. The minimum Gasteiger partial charge on any atom is -0.493 e. The van der Waals surface area contributed by atoms with Crippen LogP contribution < -0.4 is 14.2 Å². The lowest BCUT2D eigenvalue weighted by Crippen LogP contribution is -2.13. The maximum Gasteiger partial charge on any atom is 0.262 e. The zero-order chi connectivity index (χ0) is 15.5. The van der Waals surface area contributed by atoms with Crippen LogP contribution in [0.5, 0.6) is 11.5 Å². The number of methoxy groups -OCH3 is 2. The van der Waals surface area contributed by atoms with E-state index in [1.165, 1.54) is 56.7 Å². The van der Waals surface area contributed by atoms with Crippen molar-refractivity contribution in [2.24, 2.45) is 0 Å². The first-order chi connectivity index (χ1) is 9.96. The van der Waals surface area contributed by atoms with Crippen LogP contribution in [0.1, 0.15) is 0 Å². The molecule has 0 atom stereocenters. The van der Waals surface area contributed by atoms with Crippen LogP contribution in [0.3, 0.4) is 0 Å². The number of sulfonamides is 1. The summed E-state index contributed by atoms with van der Waals surface area (Å²) in [6.45, 7) is 0. The standard InChI is InChI=1S/C14H14FNO4S/c1-19-13-8-7-12(9-14(13)20-2)21(17,18)16-11-5-3-10(15)4-6-11/h3-9,16H,1-2H3. The van der Waals surface area contributed by atoms with Crippen LogP contribution >= 0.6 is 0 Å². The highest BCUT2D eigenvalue weighted by Gasteiger charge is 2.17. The number of halogens is 1. The zero-order valence-electron chi connectivity index (χ0n) is 11.5. The van der Waals surface area contributed by atoms with Crippen LogP contribution in [0, 0.1) is 5.82 Å². The van der Waals surface area contributed by atoms with E-state index in [0.717, 1.165) is 0 Å². The lowest BCUT2D eigenvalue weighted by Gasteiger charge is -2.11. The molecule has 0 fully saturated rings. The van der Waals surface area contributed by atoms with Gasteiger partial charge in [-0.3, -0.25) is 4.72 Å². The molecule has 0 saturated carbocycles. The average molecular weight is 311 g/mol. The van der Waals surface area contributed by atoms with Crippen LogP contribution in [-0.2, 0) is 10.0 Å². The lowest BCUT2D eigenvalue weighted by atomic mass is 10.3. The van der Waals surface area contributed by atoms with Gasteiger partial charge in [0.25, 0.3) is 10.0 Å². The Morgan fingerprint density at radius 3 is 2.14 bits per heavy atom. The number of benzene rings is 2. The van der Waals surface area contributed by atoms with Gasteiger partial charge in [0.2, 0.25) is 0 Å². The number of rotatable bonds is 5. The van der Waals surface area contributed by atoms with E-state index in [2.05, 4.69) is 4.72 Å². The van der Waals surface area contributed by atoms with Crippen molar-refractivity contribution in [1.29, 1.82) is 0 Å². The van der Waals surface area contributed by atoms with Gasteiger partial charge >= 0.3 is 0 Å². The van der Waals surface area contributed by atoms with Crippen molar-refractivity contribution in [2.45, 2.75) is 4.90 Å². The molecule has 0 aliphatic rings. The van der Waals surface area contributed by atoms with Gasteiger partial charge in [-0.2, -0.15) is 0 Å². The fraction of sp³-hybridized carbons (Fsp3) is 0.143. The normalized spacial score (nSPS) is 11.0. The number of ether oxygens (including phenoxy) is 2. The molecule has 0 aliphatic heterocycles.